The van der Waals surface area contributed by atoms with Crippen LogP contribution in [0.15, 0.2) is 22.7 Å². The van der Waals surface area contributed by atoms with Crippen LogP contribution in [0.3, 0.4) is 0 Å². The molecule has 2 nitrogen and oxygen atoms in total. The zero-order valence-corrected chi connectivity index (χ0v) is 11.2. The quantitative estimate of drug-likeness (QED) is 0.700. The highest BCUT2D eigenvalue weighted by molar-refractivity contribution is 14.1. The van der Waals surface area contributed by atoms with Crippen molar-refractivity contribution in [3.05, 3.63) is 32.3 Å². The fraction of sp³-hybridized carbons (Fsp3) is 0. The summed E-state index contributed by atoms with van der Waals surface area (Å²) in [6.45, 7) is 0. The normalized spacial score (nSPS) is 10.5. The third-order valence-corrected chi connectivity index (χ3v) is 3.54. The SMILES string of the molecule is Fc1cc(Br)cc(-c2nc(I)ns2)c1. The number of aromatic nitrogens is 2. The minimum Gasteiger partial charge on any atom is -0.210 e. The predicted octanol–water partition coefficient (Wildman–Crippen LogP) is 3.71. The summed E-state index contributed by atoms with van der Waals surface area (Å²) in [5, 5.41) is 0.731. The van der Waals surface area contributed by atoms with E-state index in [1.54, 1.807) is 0 Å². The van der Waals surface area contributed by atoms with Crippen molar-refractivity contribution in [1.29, 1.82) is 0 Å². The number of halogens is 3. The molecular weight excluding hydrogens is 382 g/mol. The molecule has 1 aromatic carbocycles. The van der Waals surface area contributed by atoms with Crippen molar-refractivity contribution in [3.63, 3.8) is 0 Å². The summed E-state index contributed by atoms with van der Waals surface area (Å²) in [7, 11) is 0. The Labute approximate surface area is 106 Å². The van der Waals surface area contributed by atoms with Crippen molar-refractivity contribution >= 4 is 50.1 Å². The minimum atomic E-state index is -0.278. The van der Waals surface area contributed by atoms with E-state index in [0.717, 1.165) is 10.6 Å². The fourth-order valence-electron chi connectivity index (χ4n) is 1.00. The van der Waals surface area contributed by atoms with E-state index in [9.17, 15) is 4.39 Å². The monoisotopic (exact) mass is 384 g/mol. The van der Waals surface area contributed by atoms with Crippen LogP contribution in [-0.2, 0) is 0 Å². The minimum absolute atomic E-state index is 0.278. The Hall–Kier alpha value is -0.0800. The lowest BCUT2D eigenvalue weighted by molar-refractivity contribution is 0.627. The van der Waals surface area contributed by atoms with Crippen molar-refractivity contribution < 1.29 is 4.39 Å². The molecule has 6 heteroatoms. The molecule has 0 aliphatic carbocycles. The van der Waals surface area contributed by atoms with Crippen molar-refractivity contribution in [3.8, 4) is 10.6 Å². The Balaban J connectivity index is 2.51. The van der Waals surface area contributed by atoms with Crippen molar-refractivity contribution in [2.24, 2.45) is 0 Å². The zero-order chi connectivity index (χ0) is 10.1. The van der Waals surface area contributed by atoms with Gasteiger partial charge in [0.05, 0.1) is 0 Å². The molecule has 1 heterocycles. The van der Waals surface area contributed by atoms with E-state index in [2.05, 4.69) is 25.3 Å². The fourth-order valence-corrected chi connectivity index (χ4v) is 2.72. The lowest BCUT2D eigenvalue weighted by Gasteiger charge is -1.96. The van der Waals surface area contributed by atoms with Gasteiger partial charge >= 0.3 is 0 Å². The molecule has 0 bridgehead atoms. The van der Waals surface area contributed by atoms with Gasteiger partial charge in [0.15, 0.2) is 0 Å². The standard InChI is InChI=1S/C8H3BrFIN2S/c9-5-1-4(2-6(10)3-5)7-12-8(11)13-14-7/h1-3H. The molecule has 72 valence electrons. The molecule has 0 aliphatic rings. The van der Waals surface area contributed by atoms with Gasteiger partial charge in [-0.2, -0.15) is 4.37 Å². The predicted molar refractivity (Wildman–Crippen MR) is 65.7 cm³/mol. The van der Waals surface area contributed by atoms with Crippen LogP contribution in [0.5, 0.6) is 0 Å². The first-order valence-electron chi connectivity index (χ1n) is 3.61. The van der Waals surface area contributed by atoms with Gasteiger partial charge in [0, 0.05) is 32.6 Å². The van der Waals surface area contributed by atoms with Crippen molar-refractivity contribution in [2.45, 2.75) is 0 Å². The Bertz CT molecular complexity index is 454. The smallest absolute Gasteiger partial charge is 0.203 e. The summed E-state index contributed by atoms with van der Waals surface area (Å²) >= 11 is 6.52. The van der Waals surface area contributed by atoms with E-state index in [1.807, 2.05) is 28.7 Å². The molecule has 0 unspecified atom stereocenters. The van der Waals surface area contributed by atoms with Crippen molar-refractivity contribution in [2.75, 3.05) is 0 Å². The average Bonchev–Trinajstić information content (AvgIpc) is 2.50. The van der Waals surface area contributed by atoms with Crippen LogP contribution in [0, 0.1) is 9.65 Å². The molecule has 0 aliphatic heterocycles. The maximum absolute atomic E-state index is 13.0. The molecule has 0 saturated carbocycles. The molecule has 2 rings (SSSR count). The van der Waals surface area contributed by atoms with E-state index in [0.29, 0.717) is 8.30 Å². The molecule has 0 saturated heterocycles. The number of benzene rings is 1. The molecule has 14 heavy (non-hydrogen) atoms. The summed E-state index contributed by atoms with van der Waals surface area (Å²) in [5.41, 5.74) is 0.747. The van der Waals surface area contributed by atoms with Crippen molar-refractivity contribution in [1.82, 2.24) is 9.36 Å². The third kappa shape index (κ3) is 2.29. The van der Waals surface area contributed by atoms with Crippen LogP contribution in [0.2, 0.25) is 0 Å². The maximum atomic E-state index is 13.0. The van der Waals surface area contributed by atoms with E-state index < -0.39 is 0 Å². The zero-order valence-electron chi connectivity index (χ0n) is 6.67. The van der Waals surface area contributed by atoms with Crippen LogP contribution < -0.4 is 0 Å². The molecule has 0 spiro atoms. The Morgan fingerprint density at radius 2 is 2.14 bits per heavy atom. The second-order valence-corrected chi connectivity index (χ2v) is 5.16. The summed E-state index contributed by atoms with van der Waals surface area (Å²) in [6, 6.07) is 4.68. The van der Waals surface area contributed by atoms with Gasteiger partial charge in [0.25, 0.3) is 0 Å². The Morgan fingerprint density at radius 3 is 2.71 bits per heavy atom. The van der Waals surface area contributed by atoms with Gasteiger partial charge in [0.2, 0.25) is 3.83 Å². The average molecular weight is 385 g/mol. The molecular formula is C8H3BrFIN2S. The number of nitrogens with zero attached hydrogens (tertiary/aromatic N) is 2. The van der Waals surface area contributed by atoms with Crippen LogP contribution in [0.4, 0.5) is 4.39 Å². The highest BCUT2D eigenvalue weighted by Crippen LogP contribution is 2.26. The van der Waals surface area contributed by atoms with Gasteiger partial charge in [-0.3, -0.25) is 0 Å². The molecule has 0 radical (unpaired) electrons. The summed E-state index contributed by atoms with van der Waals surface area (Å²) in [5.74, 6) is -0.278. The molecule has 0 atom stereocenters. The molecule has 1 aromatic heterocycles. The van der Waals surface area contributed by atoms with Crippen LogP contribution in [-0.4, -0.2) is 9.36 Å². The first-order chi connectivity index (χ1) is 6.65. The summed E-state index contributed by atoms with van der Waals surface area (Å²) in [6.07, 6.45) is 0. The van der Waals surface area contributed by atoms with E-state index >= 15 is 0 Å². The second kappa shape index (κ2) is 4.19. The highest BCUT2D eigenvalue weighted by Gasteiger charge is 2.06. The lowest BCUT2D eigenvalue weighted by Crippen LogP contribution is -1.80. The van der Waals surface area contributed by atoms with E-state index in [1.165, 1.54) is 23.7 Å². The van der Waals surface area contributed by atoms with Gasteiger partial charge < -0.3 is 0 Å². The molecule has 2 aromatic rings. The van der Waals surface area contributed by atoms with Gasteiger partial charge in [-0.05, 0) is 29.7 Å². The number of hydrogen-bond donors (Lipinski definition) is 0. The van der Waals surface area contributed by atoms with Gasteiger partial charge in [-0.15, -0.1) is 0 Å². The Kier molecular flexibility index (Phi) is 3.13. The van der Waals surface area contributed by atoms with Gasteiger partial charge in [-0.25, -0.2) is 9.37 Å². The Morgan fingerprint density at radius 1 is 1.36 bits per heavy atom. The second-order valence-electron chi connectivity index (χ2n) is 2.53. The molecule has 0 amide bonds. The first kappa shape index (κ1) is 10.4. The maximum Gasteiger partial charge on any atom is 0.203 e. The topological polar surface area (TPSA) is 25.8 Å². The van der Waals surface area contributed by atoms with E-state index in [-0.39, 0.29) is 5.82 Å². The molecule has 0 fully saturated rings. The van der Waals surface area contributed by atoms with Crippen LogP contribution >= 0.6 is 50.1 Å². The van der Waals surface area contributed by atoms with Crippen LogP contribution in [0.1, 0.15) is 0 Å². The lowest BCUT2D eigenvalue weighted by atomic mass is 10.2. The molecule has 0 N–H and O–H groups in total. The third-order valence-electron chi connectivity index (χ3n) is 1.51. The summed E-state index contributed by atoms with van der Waals surface area (Å²) < 4.78 is 18.5. The van der Waals surface area contributed by atoms with Crippen LogP contribution in [0.25, 0.3) is 10.6 Å². The largest absolute Gasteiger partial charge is 0.210 e. The van der Waals surface area contributed by atoms with E-state index in [4.69, 9.17) is 0 Å². The summed E-state index contributed by atoms with van der Waals surface area (Å²) in [4.78, 5) is 4.17. The number of hydrogen-bond acceptors (Lipinski definition) is 3. The highest BCUT2D eigenvalue weighted by atomic mass is 127. The van der Waals surface area contributed by atoms with Gasteiger partial charge in [-0.1, -0.05) is 15.9 Å². The number of rotatable bonds is 1. The van der Waals surface area contributed by atoms with Gasteiger partial charge in [0.1, 0.15) is 10.8 Å². The first-order valence-corrected chi connectivity index (χ1v) is 6.25.